The van der Waals surface area contributed by atoms with Crippen LogP contribution in [0.4, 0.5) is 0 Å². The highest BCUT2D eigenvalue weighted by molar-refractivity contribution is 5.98. The molecule has 0 aliphatic heterocycles. The molecule has 0 radical (unpaired) electrons. The molecular weight excluding hydrogens is 332 g/mol. The first-order valence-electron chi connectivity index (χ1n) is 8.40. The van der Waals surface area contributed by atoms with Crippen molar-refractivity contribution in [2.75, 3.05) is 6.61 Å². The van der Waals surface area contributed by atoms with Crippen LogP contribution < -0.4 is 5.32 Å². The Morgan fingerprint density at radius 3 is 2.42 bits per heavy atom. The molecule has 6 nitrogen and oxygen atoms in total. The van der Waals surface area contributed by atoms with E-state index in [-0.39, 0.29) is 30.0 Å². The number of ketones is 1. The Morgan fingerprint density at radius 1 is 1.15 bits per heavy atom. The molecule has 0 bridgehead atoms. The third-order valence-corrected chi connectivity index (χ3v) is 4.36. The van der Waals surface area contributed by atoms with Gasteiger partial charge in [-0.05, 0) is 50.5 Å². The molecule has 0 fully saturated rings. The maximum absolute atomic E-state index is 12.1. The maximum atomic E-state index is 12.1. The molecule has 0 aliphatic rings. The highest BCUT2D eigenvalue weighted by Crippen LogP contribution is 2.16. The number of carbonyl (C=O) groups excluding carboxylic acids is 3. The summed E-state index contributed by atoms with van der Waals surface area (Å²) in [6, 6.07) is 7.27. The predicted molar refractivity (Wildman–Crippen MR) is 98.2 cm³/mol. The Morgan fingerprint density at radius 2 is 1.85 bits per heavy atom. The van der Waals surface area contributed by atoms with Crippen molar-refractivity contribution in [1.82, 2.24) is 9.88 Å². The molecule has 1 aromatic heterocycles. The van der Waals surface area contributed by atoms with Gasteiger partial charge in [-0.25, -0.2) is 4.79 Å². The number of ether oxygens (including phenoxy) is 1. The number of benzene rings is 1. The Hall–Kier alpha value is -2.89. The van der Waals surface area contributed by atoms with Crippen LogP contribution in [0.3, 0.4) is 0 Å². The number of esters is 1. The molecule has 2 aromatic rings. The van der Waals surface area contributed by atoms with Crippen molar-refractivity contribution < 1.29 is 19.1 Å². The summed E-state index contributed by atoms with van der Waals surface area (Å²) in [5, 5.41) is 2.81. The van der Waals surface area contributed by atoms with Crippen LogP contribution in [0.1, 0.15) is 57.4 Å². The van der Waals surface area contributed by atoms with E-state index in [1.165, 1.54) is 23.1 Å². The van der Waals surface area contributed by atoms with Gasteiger partial charge < -0.3 is 14.6 Å². The zero-order chi connectivity index (χ0) is 19.4. The van der Waals surface area contributed by atoms with Crippen LogP contribution >= 0.6 is 0 Å². The number of nitrogens with zero attached hydrogens (tertiary/aromatic N) is 1. The lowest BCUT2D eigenvalue weighted by molar-refractivity contribution is -0.124. The van der Waals surface area contributed by atoms with Crippen molar-refractivity contribution in [3.63, 3.8) is 0 Å². The average Bonchev–Trinajstić information content (AvgIpc) is 2.97. The number of hydrogen-bond donors (Lipinski definition) is 1. The highest BCUT2D eigenvalue weighted by atomic mass is 16.5. The molecule has 0 unspecified atom stereocenters. The Bertz CT molecular complexity index is 851. The van der Waals surface area contributed by atoms with Gasteiger partial charge >= 0.3 is 5.97 Å². The molecular formula is C20H24N2O4. The summed E-state index contributed by atoms with van der Waals surface area (Å²) in [5.41, 5.74) is 3.98. The van der Waals surface area contributed by atoms with Crippen LogP contribution in [-0.4, -0.2) is 28.8 Å². The Kier molecular flexibility index (Phi) is 5.97. The fraction of sp³-hybridized carbons (Fsp3) is 0.350. The summed E-state index contributed by atoms with van der Waals surface area (Å²) in [5.74, 6) is -1.17. The second-order valence-electron chi connectivity index (χ2n) is 6.49. The van der Waals surface area contributed by atoms with E-state index in [1.54, 1.807) is 13.2 Å². The van der Waals surface area contributed by atoms with Crippen LogP contribution in [-0.2, 0) is 16.6 Å². The van der Waals surface area contributed by atoms with Crippen molar-refractivity contribution in [3.8, 4) is 0 Å². The van der Waals surface area contributed by atoms with E-state index in [9.17, 15) is 14.4 Å². The molecule has 1 N–H and O–H groups in total. The van der Waals surface area contributed by atoms with Crippen molar-refractivity contribution in [3.05, 3.63) is 58.4 Å². The largest absolute Gasteiger partial charge is 0.451 e. The second-order valence-corrected chi connectivity index (χ2v) is 6.49. The van der Waals surface area contributed by atoms with Crippen LogP contribution in [0.2, 0.25) is 0 Å². The Balaban J connectivity index is 1.92. The van der Waals surface area contributed by atoms with Gasteiger partial charge in [-0.1, -0.05) is 18.2 Å². The van der Waals surface area contributed by atoms with Crippen LogP contribution in [0, 0.1) is 13.8 Å². The summed E-state index contributed by atoms with van der Waals surface area (Å²) in [4.78, 5) is 35.5. The third-order valence-electron chi connectivity index (χ3n) is 4.36. The molecule has 6 heteroatoms. The minimum atomic E-state index is -0.644. The first-order chi connectivity index (χ1) is 12.2. The van der Waals surface area contributed by atoms with Crippen molar-refractivity contribution >= 4 is 17.7 Å². The predicted octanol–water partition coefficient (Wildman–Crippen LogP) is 2.88. The van der Waals surface area contributed by atoms with E-state index in [0.717, 1.165) is 11.1 Å². The van der Waals surface area contributed by atoms with Crippen LogP contribution in [0.15, 0.2) is 30.5 Å². The minimum Gasteiger partial charge on any atom is -0.451 e. The first kappa shape index (κ1) is 19.4. The van der Waals surface area contributed by atoms with Crippen molar-refractivity contribution in [2.45, 2.75) is 33.7 Å². The lowest BCUT2D eigenvalue weighted by Gasteiger charge is -2.15. The number of amides is 1. The van der Waals surface area contributed by atoms with Gasteiger partial charge in [-0.15, -0.1) is 0 Å². The first-order valence-corrected chi connectivity index (χ1v) is 8.40. The van der Waals surface area contributed by atoms with Gasteiger partial charge in [0.15, 0.2) is 12.4 Å². The SMILES string of the molecule is CC(=O)c1cc(C(=O)OCC(=O)N[C@@H](C)c2ccc(C)c(C)c2)n(C)c1. The van der Waals surface area contributed by atoms with Gasteiger partial charge in [-0.2, -0.15) is 0 Å². The second kappa shape index (κ2) is 7.99. The van der Waals surface area contributed by atoms with Gasteiger partial charge in [0, 0.05) is 18.8 Å². The molecule has 1 heterocycles. The number of Topliss-reactive ketones (excluding diaryl/α,β-unsaturated/α-hetero) is 1. The summed E-state index contributed by atoms with van der Waals surface area (Å²) in [6.45, 7) is 6.97. The summed E-state index contributed by atoms with van der Waals surface area (Å²) < 4.78 is 6.57. The van der Waals surface area contributed by atoms with E-state index in [4.69, 9.17) is 4.74 Å². The summed E-state index contributed by atoms with van der Waals surface area (Å²) in [7, 11) is 1.64. The molecule has 0 aliphatic carbocycles. The van der Waals surface area contributed by atoms with E-state index in [1.807, 2.05) is 39.0 Å². The lowest BCUT2D eigenvalue weighted by Crippen LogP contribution is -2.31. The summed E-state index contributed by atoms with van der Waals surface area (Å²) in [6.07, 6.45) is 1.56. The zero-order valence-electron chi connectivity index (χ0n) is 15.8. The molecule has 0 saturated heterocycles. The lowest BCUT2D eigenvalue weighted by atomic mass is 10.0. The number of rotatable bonds is 6. The van der Waals surface area contributed by atoms with E-state index in [0.29, 0.717) is 5.56 Å². The topological polar surface area (TPSA) is 77.4 Å². The molecule has 0 saturated carbocycles. The molecule has 138 valence electrons. The van der Waals surface area contributed by atoms with Crippen molar-refractivity contribution in [1.29, 1.82) is 0 Å². The van der Waals surface area contributed by atoms with Crippen LogP contribution in [0.5, 0.6) is 0 Å². The smallest absolute Gasteiger partial charge is 0.355 e. The zero-order valence-corrected chi connectivity index (χ0v) is 15.8. The van der Waals surface area contributed by atoms with Crippen molar-refractivity contribution in [2.24, 2.45) is 7.05 Å². The van der Waals surface area contributed by atoms with Gasteiger partial charge in [0.2, 0.25) is 0 Å². The quantitative estimate of drug-likeness (QED) is 0.638. The van der Waals surface area contributed by atoms with E-state index >= 15 is 0 Å². The third kappa shape index (κ3) is 4.59. The standard InChI is InChI=1S/C20H24N2O4/c1-12-6-7-16(8-13(12)2)14(3)21-19(24)11-26-20(25)18-9-17(15(4)23)10-22(18)5/h6-10,14H,11H2,1-5H3,(H,21,24)/t14-/m0/s1. The number of aromatic nitrogens is 1. The number of hydrogen-bond acceptors (Lipinski definition) is 4. The van der Waals surface area contributed by atoms with Gasteiger partial charge in [0.25, 0.3) is 5.91 Å². The molecule has 0 spiro atoms. The fourth-order valence-corrected chi connectivity index (χ4v) is 2.57. The van der Waals surface area contributed by atoms with Gasteiger partial charge in [0.1, 0.15) is 5.69 Å². The molecule has 1 aromatic carbocycles. The normalized spacial score (nSPS) is 11.7. The molecule has 1 atom stereocenters. The molecule has 2 rings (SSSR count). The molecule has 26 heavy (non-hydrogen) atoms. The summed E-state index contributed by atoms with van der Waals surface area (Å²) >= 11 is 0. The average molecular weight is 356 g/mol. The number of aryl methyl sites for hydroxylation is 3. The van der Waals surface area contributed by atoms with Gasteiger partial charge in [0.05, 0.1) is 6.04 Å². The Labute approximate surface area is 153 Å². The fourth-order valence-electron chi connectivity index (χ4n) is 2.57. The minimum absolute atomic E-state index is 0.139. The maximum Gasteiger partial charge on any atom is 0.355 e. The van der Waals surface area contributed by atoms with Gasteiger partial charge in [-0.3, -0.25) is 9.59 Å². The number of nitrogens with one attached hydrogen (secondary N) is 1. The van der Waals surface area contributed by atoms with E-state index < -0.39 is 5.97 Å². The van der Waals surface area contributed by atoms with Crippen LogP contribution in [0.25, 0.3) is 0 Å². The molecule has 1 amide bonds. The highest BCUT2D eigenvalue weighted by Gasteiger charge is 2.17. The monoisotopic (exact) mass is 356 g/mol. The van der Waals surface area contributed by atoms with E-state index in [2.05, 4.69) is 5.32 Å². The number of carbonyl (C=O) groups is 3.